The van der Waals surface area contributed by atoms with Gasteiger partial charge in [0, 0.05) is 25.2 Å². The SMILES string of the molecule is CCn1cc(CN2CCCC2c2nc(C(C)C)no2)cc1C#N. The lowest BCUT2D eigenvalue weighted by Gasteiger charge is -2.20. The summed E-state index contributed by atoms with van der Waals surface area (Å²) in [5.41, 5.74) is 1.89. The molecule has 3 heterocycles. The van der Waals surface area contributed by atoms with E-state index >= 15 is 0 Å². The standard InChI is InChI=1S/C17H23N5O/c1-4-21-10-13(8-14(21)9-18)11-22-7-5-6-15(22)17-19-16(12(2)3)20-23-17/h8,10,12,15H,4-7,11H2,1-3H3. The number of likely N-dealkylation sites (tertiary alicyclic amines) is 1. The van der Waals surface area contributed by atoms with Crippen molar-refractivity contribution in [1.82, 2.24) is 19.6 Å². The number of nitrogens with zero attached hydrogens (tertiary/aromatic N) is 5. The number of nitriles is 1. The van der Waals surface area contributed by atoms with E-state index in [4.69, 9.17) is 4.52 Å². The molecule has 1 aliphatic rings. The number of rotatable bonds is 5. The van der Waals surface area contributed by atoms with E-state index in [2.05, 4.69) is 48.1 Å². The molecule has 1 fully saturated rings. The summed E-state index contributed by atoms with van der Waals surface area (Å²) in [7, 11) is 0. The van der Waals surface area contributed by atoms with E-state index in [1.807, 2.05) is 10.6 Å². The van der Waals surface area contributed by atoms with Crippen molar-refractivity contribution in [2.75, 3.05) is 6.54 Å². The second-order valence-electron chi connectivity index (χ2n) is 6.41. The van der Waals surface area contributed by atoms with Gasteiger partial charge in [0.1, 0.15) is 11.8 Å². The second-order valence-corrected chi connectivity index (χ2v) is 6.41. The van der Waals surface area contributed by atoms with Crippen LogP contribution in [-0.4, -0.2) is 26.2 Å². The lowest BCUT2D eigenvalue weighted by molar-refractivity contribution is 0.201. The van der Waals surface area contributed by atoms with Crippen LogP contribution in [0.3, 0.4) is 0 Å². The molecule has 3 rings (SSSR count). The smallest absolute Gasteiger partial charge is 0.244 e. The molecule has 0 bridgehead atoms. The van der Waals surface area contributed by atoms with Crippen LogP contribution in [0.1, 0.15) is 68.5 Å². The molecule has 23 heavy (non-hydrogen) atoms. The average Bonchev–Trinajstić information content (AvgIpc) is 3.25. The third-order valence-corrected chi connectivity index (χ3v) is 4.42. The Morgan fingerprint density at radius 1 is 1.48 bits per heavy atom. The van der Waals surface area contributed by atoms with Crippen molar-refractivity contribution in [3.05, 3.63) is 35.2 Å². The van der Waals surface area contributed by atoms with Crippen LogP contribution in [0.5, 0.6) is 0 Å². The van der Waals surface area contributed by atoms with Gasteiger partial charge < -0.3 is 9.09 Å². The summed E-state index contributed by atoms with van der Waals surface area (Å²) < 4.78 is 7.48. The molecular weight excluding hydrogens is 290 g/mol. The molecule has 0 aromatic carbocycles. The predicted octanol–water partition coefficient (Wildman–Crippen LogP) is 3.22. The Morgan fingerprint density at radius 2 is 2.30 bits per heavy atom. The summed E-state index contributed by atoms with van der Waals surface area (Å²) in [6.07, 6.45) is 4.24. The van der Waals surface area contributed by atoms with Crippen molar-refractivity contribution >= 4 is 0 Å². The third kappa shape index (κ3) is 3.15. The van der Waals surface area contributed by atoms with Gasteiger partial charge in [-0.3, -0.25) is 4.90 Å². The normalized spacial score (nSPS) is 18.7. The highest BCUT2D eigenvalue weighted by Crippen LogP contribution is 2.33. The average molecular weight is 313 g/mol. The van der Waals surface area contributed by atoms with Crippen LogP contribution in [-0.2, 0) is 13.1 Å². The maximum Gasteiger partial charge on any atom is 0.244 e. The van der Waals surface area contributed by atoms with Crippen LogP contribution in [0, 0.1) is 11.3 Å². The molecule has 0 saturated carbocycles. The van der Waals surface area contributed by atoms with Crippen LogP contribution in [0.4, 0.5) is 0 Å². The molecule has 2 aromatic heterocycles. The maximum atomic E-state index is 9.19. The molecule has 1 atom stereocenters. The van der Waals surface area contributed by atoms with Crippen molar-refractivity contribution in [2.24, 2.45) is 0 Å². The van der Waals surface area contributed by atoms with Crippen LogP contribution in [0.25, 0.3) is 0 Å². The first kappa shape index (κ1) is 15.8. The maximum absolute atomic E-state index is 9.19. The summed E-state index contributed by atoms with van der Waals surface area (Å²) in [5, 5.41) is 13.3. The molecule has 1 saturated heterocycles. The first-order chi connectivity index (χ1) is 11.1. The van der Waals surface area contributed by atoms with Gasteiger partial charge in [-0.05, 0) is 37.9 Å². The predicted molar refractivity (Wildman–Crippen MR) is 85.6 cm³/mol. The zero-order valence-electron chi connectivity index (χ0n) is 14.0. The van der Waals surface area contributed by atoms with Crippen LogP contribution in [0.15, 0.2) is 16.8 Å². The minimum absolute atomic E-state index is 0.186. The number of hydrogen-bond donors (Lipinski definition) is 0. The molecule has 0 spiro atoms. The van der Waals surface area contributed by atoms with Crippen LogP contribution < -0.4 is 0 Å². The van der Waals surface area contributed by atoms with Crippen molar-refractivity contribution in [3.63, 3.8) is 0 Å². The minimum Gasteiger partial charge on any atom is -0.339 e. The molecule has 6 nitrogen and oxygen atoms in total. The van der Waals surface area contributed by atoms with Gasteiger partial charge in [-0.15, -0.1) is 0 Å². The van der Waals surface area contributed by atoms with E-state index in [-0.39, 0.29) is 12.0 Å². The highest BCUT2D eigenvalue weighted by molar-refractivity contribution is 5.28. The molecule has 0 radical (unpaired) electrons. The summed E-state index contributed by atoms with van der Waals surface area (Å²) in [6, 6.07) is 4.42. The van der Waals surface area contributed by atoms with E-state index in [0.717, 1.165) is 49.9 Å². The Labute approximate surface area is 136 Å². The highest BCUT2D eigenvalue weighted by Gasteiger charge is 2.31. The first-order valence-electron chi connectivity index (χ1n) is 8.29. The Balaban J connectivity index is 1.76. The molecule has 1 aliphatic heterocycles. The van der Waals surface area contributed by atoms with Crippen molar-refractivity contribution < 1.29 is 4.52 Å². The molecule has 2 aromatic rings. The van der Waals surface area contributed by atoms with Gasteiger partial charge in [0.05, 0.1) is 6.04 Å². The van der Waals surface area contributed by atoms with E-state index < -0.39 is 0 Å². The molecule has 1 unspecified atom stereocenters. The van der Waals surface area contributed by atoms with Gasteiger partial charge in [-0.1, -0.05) is 19.0 Å². The fraction of sp³-hybridized carbons (Fsp3) is 0.588. The van der Waals surface area contributed by atoms with Gasteiger partial charge in [0.25, 0.3) is 0 Å². The van der Waals surface area contributed by atoms with E-state index in [1.165, 1.54) is 5.56 Å². The fourth-order valence-corrected chi connectivity index (χ4v) is 3.16. The fourth-order valence-electron chi connectivity index (χ4n) is 3.16. The minimum atomic E-state index is 0.186. The summed E-state index contributed by atoms with van der Waals surface area (Å²) in [6.45, 7) is 8.83. The van der Waals surface area contributed by atoms with Gasteiger partial charge in [-0.25, -0.2) is 0 Å². The third-order valence-electron chi connectivity index (χ3n) is 4.42. The lowest BCUT2D eigenvalue weighted by atomic mass is 10.2. The molecule has 0 aliphatic carbocycles. The van der Waals surface area contributed by atoms with E-state index in [1.54, 1.807) is 0 Å². The summed E-state index contributed by atoms with van der Waals surface area (Å²) in [4.78, 5) is 6.93. The largest absolute Gasteiger partial charge is 0.339 e. The van der Waals surface area contributed by atoms with Crippen molar-refractivity contribution in [2.45, 2.75) is 58.7 Å². The number of aryl methyl sites for hydroxylation is 1. The summed E-state index contributed by atoms with van der Waals surface area (Å²) in [5.74, 6) is 1.77. The molecule has 122 valence electrons. The van der Waals surface area contributed by atoms with Crippen LogP contribution >= 0.6 is 0 Å². The highest BCUT2D eigenvalue weighted by atomic mass is 16.5. The Bertz CT molecular complexity index is 709. The molecular formula is C17H23N5O. The number of hydrogen-bond acceptors (Lipinski definition) is 5. The Hall–Kier alpha value is -2.13. The monoisotopic (exact) mass is 313 g/mol. The van der Waals surface area contributed by atoms with Gasteiger partial charge >= 0.3 is 0 Å². The topological polar surface area (TPSA) is 70.9 Å². The van der Waals surface area contributed by atoms with E-state index in [0.29, 0.717) is 0 Å². The summed E-state index contributed by atoms with van der Waals surface area (Å²) >= 11 is 0. The Kier molecular flexibility index (Phi) is 4.49. The number of aromatic nitrogens is 3. The van der Waals surface area contributed by atoms with Gasteiger partial charge in [0.2, 0.25) is 5.89 Å². The van der Waals surface area contributed by atoms with Crippen molar-refractivity contribution in [1.29, 1.82) is 5.26 Å². The quantitative estimate of drug-likeness (QED) is 0.847. The molecule has 6 heteroatoms. The zero-order chi connectivity index (χ0) is 16.4. The lowest BCUT2D eigenvalue weighted by Crippen LogP contribution is -2.22. The zero-order valence-corrected chi connectivity index (χ0v) is 14.0. The molecule has 0 amide bonds. The second kappa shape index (κ2) is 6.55. The van der Waals surface area contributed by atoms with Gasteiger partial charge in [0.15, 0.2) is 5.82 Å². The Morgan fingerprint density at radius 3 is 2.91 bits per heavy atom. The van der Waals surface area contributed by atoms with Crippen molar-refractivity contribution in [3.8, 4) is 6.07 Å². The first-order valence-corrected chi connectivity index (χ1v) is 8.29. The molecule has 0 N–H and O–H groups in total. The van der Waals surface area contributed by atoms with E-state index in [9.17, 15) is 5.26 Å². The van der Waals surface area contributed by atoms with Crippen LogP contribution in [0.2, 0.25) is 0 Å². The van der Waals surface area contributed by atoms with Gasteiger partial charge in [-0.2, -0.15) is 10.2 Å².